The maximum Gasteiger partial charge on any atom is 0.306 e. The highest BCUT2D eigenvalue weighted by atomic mass is 16.5. The van der Waals surface area contributed by atoms with E-state index in [-0.39, 0.29) is 23.2 Å². The number of phenols is 1. The van der Waals surface area contributed by atoms with E-state index < -0.39 is 5.97 Å². The number of carboxylic acids is 1. The first-order valence-electron chi connectivity index (χ1n) is 8.02. The van der Waals surface area contributed by atoms with E-state index in [1.807, 2.05) is 12.1 Å². The quantitative estimate of drug-likeness (QED) is 0.805. The van der Waals surface area contributed by atoms with Crippen LogP contribution in [0, 0.1) is 5.92 Å². The summed E-state index contributed by atoms with van der Waals surface area (Å²) in [7, 11) is 0. The molecule has 2 atom stereocenters. The molecule has 0 saturated carbocycles. The third kappa shape index (κ3) is 4.47. The number of carbonyl (C=O) groups is 1. The van der Waals surface area contributed by atoms with Crippen LogP contribution in [-0.2, 0) is 14.9 Å². The van der Waals surface area contributed by atoms with Gasteiger partial charge in [-0.1, -0.05) is 26.0 Å². The zero-order valence-electron chi connectivity index (χ0n) is 13.4. The molecule has 1 saturated heterocycles. The number of hydrogen-bond acceptors (Lipinski definition) is 3. The van der Waals surface area contributed by atoms with Gasteiger partial charge >= 0.3 is 5.97 Å². The molecule has 2 N–H and O–H groups in total. The second kappa shape index (κ2) is 7.14. The molecule has 1 fully saturated rings. The molecule has 4 nitrogen and oxygen atoms in total. The Balaban J connectivity index is 1.95. The molecule has 0 aliphatic carbocycles. The Morgan fingerprint density at radius 1 is 1.36 bits per heavy atom. The van der Waals surface area contributed by atoms with Gasteiger partial charge in [-0.05, 0) is 55.2 Å². The summed E-state index contributed by atoms with van der Waals surface area (Å²) in [6.07, 6.45) is 4.17. The van der Waals surface area contributed by atoms with Crippen molar-refractivity contribution in [3.8, 4) is 5.75 Å². The van der Waals surface area contributed by atoms with Gasteiger partial charge in [-0.15, -0.1) is 0 Å². The van der Waals surface area contributed by atoms with E-state index in [0.717, 1.165) is 31.4 Å². The van der Waals surface area contributed by atoms with Crippen LogP contribution in [0.5, 0.6) is 5.75 Å². The van der Waals surface area contributed by atoms with Gasteiger partial charge in [0.25, 0.3) is 0 Å². The molecule has 0 bridgehead atoms. The van der Waals surface area contributed by atoms with Crippen molar-refractivity contribution in [2.24, 2.45) is 5.92 Å². The molecule has 4 heteroatoms. The first kappa shape index (κ1) is 16.8. The molecule has 22 heavy (non-hydrogen) atoms. The fraction of sp³-hybridized carbons (Fsp3) is 0.611. The summed E-state index contributed by atoms with van der Waals surface area (Å²) in [6.45, 7) is 4.99. The Hall–Kier alpha value is -1.55. The van der Waals surface area contributed by atoms with Gasteiger partial charge in [-0.3, -0.25) is 4.79 Å². The minimum atomic E-state index is -0.725. The van der Waals surface area contributed by atoms with E-state index in [2.05, 4.69) is 13.8 Å². The Morgan fingerprint density at radius 2 is 2.05 bits per heavy atom. The van der Waals surface area contributed by atoms with Crippen molar-refractivity contribution in [2.75, 3.05) is 6.61 Å². The van der Waals surface area contributed by atoms with Crippen LogP contribution in [0.2, 0.25) is 0 Å². The zero-order chi connectivity index (χ0) is 16.2. The summed E-state index contributed by atoms with van der Waals surface area (Å²) in [5.41, 5.74) is 1.00. The highest BCUT2D eigenvalue weighted by Crippen LogP contribution is 2.33. The molecule has 1 aliphatic rings. The van der Waals surface area contributed by atoms with E-state index in [9.17, 15) is 15.0 Å². The van der Waals surface area contributed by atoms with Crippen LogP contribution in [0.15, 0.2) is 24.3 Å². The summed E-state index contributed by atoms with van der Waals surface area (Å²) in [5, 5.41) is 18.8. The van der Waals surface area contributed by atoms with Crippen molar-refractivity contribution < 1.29 is 19.7 Å². The Bertz CT molecular complexity index is 486. The van der Waals surface area contributed by atoms with Crippen LogP contribution >= 0.6 is 0 Å². The monoisotopic (exact) mass is 306 g/mol. The summed E-state index contributed by atoms with van der Waals surface area (Å²) >= 11 is 0. The van der Waals surface area contributed by atoms with E-state index in [1.165, 1.54) is 0 Å². The lowest BCUT2D eigenvalue weighted by Gasteiger charge is -2.27. The van der Waals surface area contributed by atoms with Crippen LogP contribution in [0.1, 0.15) is 51.5 Å². The van der Waals surface area contributed by atoms with E-state index in [0.29, 0.717) is 12.8 Å². The predicted molar refractivity (Wildman–Crippen MR) is 85.1 cm³/mol. The fourth-order valence-electron chi connectivity index (χ4n) is 3.08. The summed E-state index contributed by atoms with van der Waals surface area (Å²) in [4.78, 5) is 11.5. The van der Waals surface area contributed by atoms with Gasteiger partial charge in [0.05, 0.1) is 12.0 Å². The summed E-state index contributed by atoms with van der Waals surface area (Å²) in [5.74, 6) is -0.821. The normalized spacial score (nSPS) is 20.0. The molecule has 2 rings (SSSR count). The fourth-order valence-corrected chi connectivity index (χ4v) is 3.08. The average Bonchev–Trinajstić information content (AvgIpc) is 2.96. The number of phenolic OH excluding ortho intramolecular Hbond substituents is 1. The Labute approximate surface area is 132 Å². The highest BCUT2D eigenvalue weighted by Gasteiger charge is 2.28. The van der Waals surface area contributed by atoms with E-state index in [1.54, 1.807) is 12.1 Å². The van der Waals surface area contributed by atoms with Gasteiger partial charge in [0.2, 0.25) is 0 Å². The SMILES string of the molecule is CC(C)(CCC(CC1CCCO1)C(=O)O)c1ccc(O)cc1. The Morgan fingerprint density at radius 3 is 2.59 bits per heavy atom. The number of ether oxygens (including phenoxy) is 1. The number of hydrogen-bond donors (Lipinski definition) is 2. The van der Waals surface area contributed by atoms with Crippen molar-refractivity contribution in [2.45, 2.75) is 57.5 Å². The van der Waals surface area contributed by atoms with Crippen molar-refractivity contribution in [1.82, 2.24) is 0 Å². The molecule has 1 aromatic rings. The molecular weight excluding hydrogens is 280 g/mol. The maximum atomic E-state index is 11.5. The molecule has 1 heterocycles. The van der Waals surface area contributed by atoms with Crippen LogP contribution in [0.25, 0.3) is 0 Å². The molecule has 0 radical (unpaired) electrons. The molecule has 122 valence electrons. The number of benzene rings is 1. The predicted octanol–water partition coefficient (Wildman–Crippen LogP) is 3.72. The van der Waals surface area contributed by atoms with Gasteiger partial charge in [0, 0.05) is 6.61 Å². The van der Waals surface area contributed by atoms with Gasteiger partial charge in [-0.25, -0.2) is 0 Å². The second-order valence-electron chi connectivity index (χ2n) is 6.88. The van der Waals surface area contributed by atoms with Crippen molar-refractivity contribution in [3.63, 3.8) is 0 Å². The van der Waals surface area contributed by atoms with Crippen LogP contribution in [0.3, 0.4) is 0 Å². The third-order valence-electron chi connectivity index (χ3n) is 4.69. The van der Waals surface area contributed by atoms with Crippen molar-refractivity contribution in [3.05, 3.63) is 29.8 Å². The van der Waals surface area contributed by atoms with Crippen LogP contribution in [-0.4, -0.2) is 28.9 Å². The largest absolute Gasteiger partial charge is 0.508 e. The van der Waals surface area contributed by atoms with Gasteiger partial charge in [0.1, 0.15) is 5.75 Å². The topological polar surface area (TPSA) is 66.8 Å². The first-order chi connectivity index (χ1) is 10.4. The third-order valence-corrected chi connectivity index (χ3v) is 4.69. The molecule has 0 spiro atoms. The molecule has 0 aromatic heterocycles. The standard InChI is InChI=1S/C18H26O4/c1-18(2,14-5-7-15(19)8-6-14)10-9-13(17(20)21)12-16-4-3-11-22-16/h5-8,13,16,19H,3-4,9-12H2,1-2H3,(H,20,21). The lowest BCUT2D eigenvalue weighted by Crippen LogP contribution is -2.24. The van der Waals surface area contributed by atoms with E-state index >= 15 is 0 Å². The lowest BCUT2D eigenvalue weighted by atomic mass is 9.78. The van der Waals surface area contributed by atoms with Crippen molar-refractivity contribution >= 4 is 5.97 Å². The van der Waals surface area contributed by atoms with Gasteiger partial charge in [0.15, 0.2) is 0 Å². The van der Waals surface area contributed by atoms with Crippen LogP contribution < -0.4 is 0 Å². The molecule has 2 unspecified atom stereocenters. The second-order valence-corrected chi connectivity index (χ2v) is 6.88. The summed E-state index contributed by atoms with van der Waals surface area (Å²) < 4.78 is 5.57. The highest BCUT2D eigenvalue weighted by molar-refractivity contribution is 5.70. The van der Waals surface area contributed by atoms with E-state index in [4.69, 9.17) is 4.74 Å². The minimum Gasteiger partial charge on any atom is -0.508 e. The smallest absolute Gasteiger partial charge is 0.306 e. The molecular formula is C18H26O4. The lowest BCUT2D eigenvalue weighted by molar-refractivity contribution is -0.143. The molecule has 1 aliphatic heterocycles. The number of aromatic hydroxyl groups is 1. The average molecular weight is 306 g/mol. The first-order valence-corrected chi connectivity index (χ1v) is 8.02. The molecule has 0 amide bonds. The zero-order valence-corrected chi connectivity index (χ0v) is 13.4. The number of rotatable bonds is 7. The Kier molecular flexibility index (Phi) is 5.46. The molecule has 1 aromatic carbocycles. The van der Waals surface area contributed by atoms with Crippen molar-refractivity contribution in [1.29, 1.82) is 0 Å². The van der Waals surface area contributed by atoms with Crippen LogP contribution in [0.4, 0.5) is 0 Å². The number of aliphatic carboxylic acids is 1. The minimum absolute atomic E-state index is 0.109. The maximum absolute atomic E-state index is 11.5. The number of carboxylic acid groups (broad SMARTS) is 1. The van der Waals surface area contributed by atoms with Gasteiger partial charge < -0.3 is 14.9 Å². The van der Waals surface area contributed by atoms with Gasteiger partial charge in [-0.2, -0.15) is 0 Å². The summed E-state index contributed by atoms with van der Waals surface area (Å²) in [6, 6.07) is 7.17.